The van der Waals surface area contributed by atoms with Gasteiger partial charge in [0, 0.05) is 5.02 Å². The number of aryl methyl sites for hydroxylation is 1. The molecule has 0 aliphatic heterocycles. The van der Waals surface area contributed by atoms with Crippen LogP contribution in [0.4, 0.5) is 4.39 Å². The lowest BCUT2D eigenvalue weighted by Gasteiger charge is -2.21. The fraction of sp³-hybridized carbons (Fsp3) is 0.500. The lowest BCUT2D eigenvalue weighted by atomic mass is 9.88. The lowest BCUT2D eigenvalue weighted by Crippen LogP contribution is -2.18. The molecule has 1 atom stereocenters. The Morgan fingerprint density at radius 3 is 2.47 bits per heavy atom. The molecule has 0 amide bonds. The molecule has 0 aliphatic rings. The van der Waals surface area contributed by atoms with E-state index in [-0.39, 0.29) is 11.7 Å². The predicted octanol–water partition coefficient (Wildman–Crippen LogP) is 3.49. The molecule has 0 saturated heterocycles. The number of benzene rings is 1. The molecule has 0 bridgehead atoms. The minimum absolute atomic E-state index is 0.118. The molecule has 0 saturated carbocycles. The molecule has 15 heavy (non-hydrogen) atoms. The van der Waals surface area contributed by atoms with E-state index < -0.39 is 0 Å². The molecule has 2 N–H and O–H groups in total. The van der Waals surface area contributed by atoms with Gasteiger partial charge in [-0.05, 0) is 48.6 Å². The Morgan fingerprint density at radius 1 is 1.40 bits per heavy atom. The van der Waals surface area contributed by atoms with Crippen LogP contribution in [0.25, 0.3) is 0 Å². The summed E-state index contributed by atoms with van der Waals surface area (Å²) in [7, 11) is 0. The van der Waals surface area contributed by atoms with Crippen molar-refractivity contribution >= 4 is 11.6 Å². The Morgan fingerprint density at radius 2 is 2.00 bits per heavy atom. The van der Waals surface area contributed by atoms with E-state index in [0.29, 0.717) is 23.0 Å². The highest BCUT2D eigenvalue weighted by Gasteiger charge is 2.18. The first-order chi connectivity index (χ1) is 6.97. The Kier molecular flexibility index (Phi) is 4.12. The lowest BCUT2D eigenvalue weighted by molar-refractivity contribution is 0.502. The van der Waals surface area contributed by atoms with Crippen LogP contribution in [-0.2, 0) is 0 Å². The second kappa shape index (κ2) is 4.95. The van der Waals surface area contributed by atoms with E-state index in [1.165, 1.54) is 6.07 Å². The van der Waals surface area contributed by atoms with E-state index in [4.69, 9.17) is 17.3 Å². The van der Waals surface area contributed by atoms with Gasteiger partial charge in [0.1, 0.15) is 5.82 Å². The molecular formula is C12H17ClFN. The zero-order valence-corrected chi connectivity index (χ0v) is 10.1. The summed E-state index contributed by atoms with van der Waals surface area (Å²) in [4.78, 5) is 0. The van der Waals surface area contributed by atoms with Gasteiger partial charge in [-0.15, -0.1) is 0 Å². The van der Waals surface area contributed by atoms with Gasteiger partial charge in [0.15, 0.2) is 0 Å². The van der Waals surface area contributed by atoms with Gasteiger partial charge in [-0.25, -0.2) is 4.39 Å². The molecule has 0 fully saturated rings. The van der Waals surface area contributed by atoms with Crippen LogP contribution in [0.2, 0.25) is 5.02 Å². The van der Waals surface area contributed by atoms with Crippen molar-refractivity contribution in [1.82, 2.24) is 0 Å². The largest absolute Gasteiger partial charge is 0.330 e. The van der Waals surface area contributed by atoms with Crippen molar-refractivity contribution in [2.75, 3.05) is 6.54 Å². The van der Waals surface area contributed by atoms with E-state index in [0.717, 1.165) is 5.56 Å². The standard InChI is InChI=1S/C12H17ClFN/c1-7(2)10(6-15)9-5-12(14)8(3)4-11(9)13/h4-5,7,10H,6,15H2,1-3H3. The van der Waals surface area contributed by atoms with Gasteiger partial charge in [-0.2, -0.15) is 0 Å². The highest BCUT2D eigenvalue weighted by Crippen LogP contribution is 2.31. The van der Waals surface area contributed by atoms with Crippen LogP contribution in [0.15, 0.2) is 12.1 Å². The van der Waals surface area contributed by atoms with Gasteiger partial charge in [0.05, 0.1) is 0 Å². The Bertz CT molecular complexity index is 350. The molecule has 1 rings (SSSR count). The van der Waals surface area contributed by atoms with Crippen molar-refractivity contribution in [3.05, 3.63) is 34.1 Å². The number of nitrogens with two attached hydrogens (primary N) is 1. The van der Waals surface area contributed by atoms with Gasteiger partial charge < -0.3 is 5.73 Å². The summed E-state index contributed by atoms with van der Waals surface area (Å²) in [6.07, 6.45) is 0. The minimum atomic E-state index is -0.214. The molecular weight excluding hydrogens is 213 g/mol. The molecule has 0 aromatic heterocycles. The molecule has 0 spiro atoms. The third-order valence-electron chi connectivity index (χ3n) is 2.74. The average molecular weight is 230 g/mol. The summed E-state index contributed by atoms with van der Waals surface area (Å²) in [6.45, 7) is 6.31. The normalized spacial score (nSPS) is 13.3. The maximum Gasteiger partial charge on any atom is 0.126 e. The van der Waals surface area contributed by atoms with E-state index >= 15 is 0 Å². The van der Waals surface area contributed by atoms with E-state index in [1.807, 2.05) is 0 Å². The van der Waals surface area contributed by atoms with Crippen molar-refractivity contribution in [2.45, 2.75) is 26.7 Å². The van der Waals surface area contributed by atoms with Crippen molar-refractivity contribution in [1.29, 1.82) is 0 Å². The van der Waals surface area contributed by atoms with E-state index in [1.54, 1.807) is 13.0 Å². The summed E-state index contributed by atoms with van der Waals surface area (Å²) < 4.78 is 13.4. The maximum absolute atomic E-state index is 13.4. The third kappa shape index (κ3) is 2.70. The average Bonchev–Trinajstić information content (AvgIpc) is 2.14. The van der Waals surface area contributed by atoms with Gasteiger partial charge in [0.2, 0.25) is 0 Å². The predicted molar refractivity (Wildman–Crippen MR) is 62.8 cm³/mol. The van der Waals surface area contributed by atoms with Crippen LogP contribution in [0.3, 0.4) is 0 Å². The zero-order valence-electron chi connectivity index (χ0n) is 9.35. The molecule has 0 heterocycles. The second-order valence-electron chi connectivity index (χ2n) is 4.21. The Hall–Kier alpha value is -0.600. The van der Waals surface area contributed by atoms with Gasteiger partial charge in [-0.3, -0.25) is 0 Å². The van der Waals surface area contributed by atoms with Gasteiger partial charge >= 0.3 is 0 Å². The molecule has 0 radical (unpaired) electrons. The van der Waals surface area contributed by atoms with Crippen LogP contribution >= 0.6 is 11.6 Å². The number of hydrogen-bond acceptors (Lipinski definition) is 1. The van der Waals surface area contributed by atoms with E-state index in [9.17, 15) is 4.39 Å². The molecule has 1 unspecified atom stereocenters. The summed E-state index contributed by atoms with van der Waals surface area (Å²) in [5.41, 5.74) is 7.07. The first-order valence-electron chi connectivity index (χ1n) is 5.13. The van der Waals surface area contributed by atoms with Crippen molar-refractivity contribution in [3.8, 4) is 0 Å². The summed E-state index contributed by atoms with van der Waals surface area (Å²) in [5.74, 6) is 0.260. The Balaban J connectivity index is 3.18. The number of rotatable bonds is 3. The monoisotopic (exact) mass is 229 g/mol. The summed E-state index contributed by atoms with van der Waals surface area (Å²) >= 11 is 6.10. The van der Waals surface area contributed by atoms with E-state index in [2.05, 4.69) is 13.8 Å². The summed E-state index contributed by atoms with van der Waals surface area (Å²) in [5, 5.41) is 0.609. The Labute approximate surface area is 95.4 Å². The second-order valence-corrected chi connectivity index (χ2v) is 4.62. The molecule has 1 nitrogen and oxygen atoms in total. The highest BCUT2D eigenvalue weighted by atomic mass is 35.5. The highest BCUT2D eigenvalue weighted by molar-refractivity contribution is 6.31. The van der Waals surface area contributed by atoms with Crippen molar-refractivity contribution in [2.24, 2.45) is 11.7 Å². The molecule has 0 aliphatic carbocycles. The first kappa shape index (κ1) is 12.5. The van der Waals surface area contributed by atoms with Crippen LogP contribution < -0.4 is 5.73 Å². The molecule has 3 heteroatoms. The van der Waals surface area contributed by atoms with Gasteiger partial charge in [0.25, 0.3) is 0 Å². The third-order valence-corrected chi connectivity index (χ3v) is 3.06. The molecule has 1 aromatic rings. The SMILES string of the molecule is Cc1cc(Cl)c(C(CN)C(C)C)cc1F. The smallest absolute Gasteiger partial charge is 0.126 e. The number of hydrogen-bond donors (Lipinski definition) is 1. The van der Waals surface area contributed by atoms with Crippen LogP contribution in [0.5, 0.6) is 0 Å². The maximum atomic E-state index is 13.4. The van der Waals surface area contributed by atoms with Crippen molar-refractivity contribution < 1.29 is 4.39 Å². The molecule has 84 valence electrons. The minimum Gasteiger partial charge on any atom is -0.330 e. The first-order valence-corrected chi connectivity index (χ1v) is 5.50. The van der Waals surface area contributed by atoms with Crippen molar-refractivity contribution in [3.63, 3.8) is 0 Å². The van der Waals surface area contributed by atoms with Crippen LogP contribution in [-0.4, -0.2) is 6.54 Å². The number of halogens is 2. The summed E-state index contributed by atoms with van der Waals surface area (Å²) in [6, 6.07) is 3.17. The fourth-order valence-electron chi connectivity index (χ4n) is 1.70. The van der Waals surface area contributed by atoms with Crippen LogP contribution in [0, 0.1) is 18.7 Å². The van der Waals surface area contributed by atoms with Crippen LogP contribution in [0.1, 0.15) is 30.9 Å². The topological polar surface area (TPSA) is 26.0 Å². The zero-order chi connectivity index (χ0) is 11.6. The molecule has 1 aromatic carbocycles. The quantitative estimate of drug-likeness (QED) is 0.844. The fourth-order valence-corrected chi connectivity index (χ4v) is 2.06. The van der Waals surface area contributed by atoms with Gasteiger partial charge in [-0.1, -0.05) is 25.4 Å².